The lowest BCUT2D eigenvalue weighted by Gasteiger charge is -2.13. The molecule has 0 aliphatic carbocycles. The maximum atomic E-state index is 13.0. The Morgan fingerprint density at radius 1 is 0.788 bits per heavy atom. The topological polar surface area (TPSA) is 97.2 Å². The summed E-state index contributed by atoms with van der Waals surface area (Å²) in [6.07, 6.45) is 3.02. The first-order valence-corrected chi connectivity index (χ1v) is 10.2. The Balaban J connectivity index is 1.49. The monoisotopic (exact) mass is 435 g/mol. The third kappa shape index (κ3) is 3.81. The van der Waals surface area contributed by atoms with Crippen molar-refractivity contribution in [2.45, 2.75) is 0 Å². The van der Waals surface area contributed by atoms with Gasteiger partial charge >= 0.3 is 0 Å². The van der Waals surface area contributed by atoms with Gasteiger partial charge < -0.3 is 0 Å². The zero-order valence-electron chi connectivity index (χ0n) is 17.3. The van der Waals surface area contributed by atoms with E-state index in [1.807, 2.05) is 36.4 Å². The number of aromatic nitrogens is 3. The highest BCUT2D eigenvalue weighted by molar-refractivity contribution is 6.34. The Kier molecular flexibility index (Phi) is 5.08. The molecule has 0 bridgehead atoms. The highest BCUT2D eigenvalue weighted by Crippen LogP contribution is 2.29. The van der Waals surface area contributed by atoms with E-state index in [0.29, 0.717) is 16.8 Å². The number of hydrogen-bond donors (Lipinski definition) is 1. The molecule has 8 nitrogen and oxygen atoms in total. The summed E-state index contributed by atoms with van der Waals surface area (Å²) in [7, 11) is 0. The van der Waals surface area contributed by atoms with Gasteiger partial charge in [-0.1, -0.05) is 60.7 Å². The van der Waals surface area contributed by atoms with E-state index in [0.717, 1.165) is 10.5 Å². The second-order valence-electron chi connectivity index (χ2n) is 7.21. The van der Waals surface area contributed by atoms with E-state index in [2.05, 4.69) is 15.4 Å². The van der Waals surface area contributed by atoms with Gasteiger partial charge in [0.1, 0.15) is 0 Å². The summed E-state index contributed by atoms with van der Waals surface area (Å²) in [5, 5.41) is 6.94. The molecule has 3 aromatic carbocycles. The molecular formula is C25H17N5O3. The molecule has 0 atom stereocenters. The number of nitrogens with zero attached hydrogens (tertiary/aromatic N) is 4. The van der Waals surface area contributed by atoms with Crippen molar-refractivity contribution in [1.82, 2.24) is 14.8 Å². The molecule has 33 heavy (non-hydrogen) atoms. The molecule has 2 heterocycles. The van der Waals surface area contributed by atoms with E-state index in [4.69, 9.17) is 0 Å². The average molecular weight is 435 g/mol. The van der Waals surface area contributed by atoms with Crippen LogP contribution in [-0.2, 0) is 4.79 Å². The highest BCUT2D eigenvalue weighted by Gasteiger charge is 2.39. The minimum atomic E-state index is -0.498. The maximum Gasteiger partial charge on any atom is 0.268 e. The third-order valence-corrected chi connectivity index (χ3v) is 5.05. The Morgan fingerprint density at radius 3 is 2.00 bits per heavy atom. The maximum absolute atomic E-state index is 13.0. The Bertz CT molecular complexity index is 1360. The number of benzene rings is 3. The Labute approximate surface area is 188 Å². The van der Waals surface area contributed by atoms with Gasteiger partial charge in [-0.05, 0) is 35.9 Å². The number of hydrogen-bond acceptors (Lipinski definition) is 5. The molecule has 0 unspecified atom stereocenters. The molecule has 5 rings (SSSR count). The van der Waals surface area contributed by atoms with Crippen molar-refractivity contribution in [3.05, 3.63) is 108 Å². The lowest BCUT2D eigenvalue weighted by molar-refractivity contribution is -0.111. The minimum Gasteiger partial charge on any atom is -0.290 e. The van der Waals surface area contributed by atoms with Gasteiger partial charge in [0, 0.05) is 6.08 Å². The zero-order valence-corrected chi connectivity index (χ0v) is 17.3. The SMILES string of the molecule is O=C(C=Cc1ccccc1)Nc1nc(N2C(=O)c3ccccc3C2=O)n(-c2ccccc2)n1. The van der Waals surface area contributed by atoms with Gasteiger partial charge in [-0.3, -0.25) is 19.7 Å². The number of rotatable bonds is 5. The largest absolute Gasteiger partial charge is 0.290 e. The summed E-state index contributed by atoms with van der Waals surface area (Å²) in [5.74, 6) is -1.48. The van der Waals surface area contributed by atoms with Crippen molar-refractivity contribution >= 4 is 35.7 Å². The standard InChI is InChI=1S/C25H17N5O3/c31-21(16-15-17-9-3-1-4-10-17)26-24-27-25(30(28-24)18-11-5-2-6-12-18)29-22(32)19-13-7-8-14-20(19)23(29)33/h1-16H,(H,26,28,31). The number of carbonyl (C=O) groups is 3. The summed E-state index contributed by atoms with van der Waals surface area (Å²) in [6, 6.07) is 24.9. The normalized spacial score (nSPS) is 12.9. The molecule has 3 amide bonds. The van der Waals surface area contributed by atoms with E-state index in [1.165, 1.54) is 10.8 Å². The number of carbonyl (C=O) groups excluding carboxylic acids is 3. The summed E-state index contributed by atoms with van der Waals surface area (Å²) < 4.78 is 1.36. The quantitative estimate of drug-likeness (QED) is 0.381. The van der Waals surface area contributed by atoms with Crippen LogP contribution in [0.5, 0.6) is 0 Å². The van der Waals surface area contributed by atoms with Crippen molar-refractivity contribution in [2.75, 3.05) is 10.2 Å². The van der Waals surface area contributed by atoms with Gasteiger partial charge in [0.2, 0.25) is 5.95 Å². The van der Waals surface area contributed by atoms with E-state index in [-0.39, 0.29) is 11.9 Å². The third-order valence-electron chi connectivity index (χ3n) is 5.05. The molecule has 1 aliphatic rings. The van der Waals surface area contributed by atoms with Crippen molar-refractivity contribution in [3.63, 3.8) is 0 Å². The number of imide groups is 1. The summed E-state index contributed by atoms with van der Waals surface area (Å²) in [4.78, 5) is 43.7. The number of anilines is 2. The zero-order chi connectivity index (χ0) is 22.8. The van der Waals surface area contributed by atoms with Crippen LogP contribution in [0.4, 0.5) is 11.9 Å². The van der Waals surface area contributed by atoms with E-state index >= 15 is 0 Å². The molecule has 0 spiro atoms. The first kappa shape index (κ1) is 20.1. The van der Waals surface area contributed by atoms with Crippen LogP contribution < -0.4 is 10.2 Å². The van der Waals surface area contributed by atoms with Crippen LogP contribution in [0.15, 0.2) is 91.0 Å². The molecule has 0 radical (unpaired) electrons. The van der Waals surface area contributed by atoms with Gasteiger partial charge in [-0.2, -0.15) is 9.67 Å². The van der Waals surface area contributed by atoms with Crippen molar-refractivity contribution < 1.29 is 14.4 Å². The number of nitrogens with one attached hydrogen (secondary N) is 1. The van der Waals surface area contributed by atoms with E-state index in [1.54, 1.807) is 54.6 Å². The average Bonchev–Trinajstić information content (AvgIpc) is 3.37. The first-order valence-electron chi connectivity index (χ1n) is 10.2. The van der Waals surface area contributed by atoms with Gasteiger partial charge in [-0.25, -0.2) is 4.90 Å². The van der Waals surface area contributed by atoms with Crippen LogP contribution in [0.3, 0.4) is 0 Å². The van der Waals surface area contributed by atoms with E-state index in [9.17, 15) is 14.4 Å². The van der Waals surface area contributed by atoms with Gasteiger partial charge in [0.25, 0.3) is 23.7 Å². The predicted octanol–water partition coefficient (Wildman–Crippen LogP) is 3.72. The molecule has 0 saturated heterocycles. The molecule has 1 N–H and O–H groups in total. The van der Waals surface area contributed by atoms with E-state index < -0.39 is 17.7 Å². The minimum absolute atomic E-state index is 0.00487. The number of fused-ring (bicyclic) bond motifs is 1. The predicted molar refractivity (Wildman–Crippen MR) is 123 cm³/mol. The summed E-state index contributed by atoms with van der Waals surface area (Å²) in [5.41, 5.74) is 2.03. The Morgan fingerprint density at radius 2 is 1.36 bits per heavy atom. The van der Waals surface area contributed by atoms with Crippen molar-refractivity contribution in [2.24, 2.45) is 0 Å². The van der Waals surface area contributed by atoms with Crippen LogP contribution >= 0.6 is 0 Å². The fraction of sp³-hybridized carbons (Fsp3) is 0. The van der Waals surface area contributed by atoms with Gasteiger partial charge in [-0.15, -0.1) is 5.10 Å². The van der Waals surface area contributed by atoms with Gasteiger partial charge in [0.05, 0.1) is 16.8 Å². The molecule has 0 saturated carbocycles. The second-order valence-corrected chi connectivity index (χ2v) is 7.21. The fourth-order valence-corrected chi connectivity index (χ4v) is 3.50. The van der Waals surface area contributed by atoms with Gasteiger partial charge in [0.15, 0.2) is 0 Å². The van der Waals surface area contributed by atoms with Crippen LogP contribution in [0, 0.1) is 0 Å². The molecular weight excluding hydrogens is 418 g/mol. The van der Waals surface area contributed by atoms with Crippen LogP contribution in [0.1, 0.15) is 26.3 Å². The number of amides is 3. The molecule has 8 heteroatoms. The summed E-state index contributed by atoms with van der Waals surface area (Å²) in [6.45, 7) is 0. The number of para-hydroxylation sites is 1. The fourth-order valence-electron chi connectivity index (χ4n) is 3.50. The van der Waals surface area contributed by atoms with Crippen LogP contribution in [-0.4, -0.2) is 32.5 Å². The highest BCUT2D eigenvalue weighted by atomic mass is 16.2. The Hall–Kier alpha value is -4.85. The lowest BCUT2D eigenvalue weighted by Crippen LogP contribution is -2.32. The molecule has 1 aliphatic heterocycles. The summed E-state index contributed by atoms with van der Waals surface area (Å²) >= 11 is 0. The second kappa shape index (κ2) is 8.35. The lowest BCUT2D eigenvalue weighted by atomic mass is 10.1. The molecule has 160 valence electrons. The smallest absolute Gasteiger partial charge is 0.268 e. The van der Waals surface area contributed by atoms with Crippen molar-refractivity contribution in [1.29, 1.82) is 0 Å². The molecule has 0 fully saturated rings. The van der Waals surface area contributed by atoms with Crippen molar-refractivity contribution in [3.8, 4) is 5.69 Å². The first-order chi connectivity index (χ1) is 16.1. The van der Waals surface area contributed by atoms with Crippen LogP contribution in [0.25, 0.3) is 11.8 Å². The van der Waals surface area contributed by atoms with Crippen LogP contribution in [0.2, 0.25) is 0 Å². The molecule has 4 aromatic rings. The molecule has 1 aromatic heterocycles.